The van der Waals surface area contributed by atoms with Crippen LogP contribution in [-0.2, 0) is 4.74 Å². The summed E-state index contributed by atoms with van der Waals surface area (Å²) in [6, 6.07) is 14.4. The van der Waals surface area contributed by atoms with E-state index in [0.29, 0.717) is 13.2 Å². The Balaban J connectivity index is 1.97. The molecule has 1 amide bonds. The lowest BCUT2D eigenvalue weighted by Gasteiger charge is -2.44. The largest absolute Gasteiger partial charge is 0.374 e. The van der Waals surface area contributed by atoms with Crippen LogP contribution in [0.1, 0.15) is 31.1 Å². The number of benzene rings is 2. The number of carbonyl (C=O) groups is 1. The molecular weight excluding hydrogens is 305 g/mol. The predicted octanol–water partition coefficient (Wildman–Crippen LogP) is 4.13. The molecular formula is C20H22FNO2. The van der Waals surface area contributed by atoms with Crippen LogP contribution in [0.3, 0.4) is 0 Å². The molecule has 1 fully saturated rings. The Labute approximate surface area is 142 Å². The van der Waals surface area contributed by atoms with E-state index in [0.717, 1.165) is 11.1 Å². The second kappa shape index (κ2) is 6.36. The lowest BCUT2D eigenvalue weighted by atomic mass is 9.97. The topological polar surface area (TPSA) is 29.5 Å². The predicted molar refractivity (Wildman–Crippen MR) is 92.4 cm³/mol. The van der Waals surface area contributed by atoms with E-state index in [1.165, 1.54) is 6.07 Å². The maximum absolute atomic E-state index is 14.4. The van der Waals surface area contributed by atoms with Crippen LogP contribution in [0, 0.1) is 5.82 Å². The Morgan fingerprint density at radius 2 is 1.88 bits per heavy atom. The first kappa shape index (κ1) is 16.7. The molecule has 1 heterocycles. The van der Waals surface area contributed by atoms with E-state index in [4.69, 9.17) is 4.74 Å². The summed E-state index contributed by atoms with van der Waals surface area (Å²) in [6.45, 7) is 6.71. The third-order valence-corrected chi connectivity index (χ3v) is 4.44. The molecule has 0 aliphatic carbocycles. The smallest absolute Gasteiger partial charge is 0.257 e. The standard InChI is InChI=1S/C20H22FNO2/c1-14-12-22(20(2,3)13-24-14)19(23)17-11-16(9-10-18(17)21)15-7-5-4-6-8-15/h4-11,14H,12-13H2,1-3H3. The van der Waals surface area contributed by atoms with Gasteiger partial charge in [-0.25, -0.2) is 4.39 Å². The highest BCUT2D eigenvalue weighted by atomic mass is 19.1. The summed E-state index contributed by atoms with van der Waals surface area (Å²) in [5.41, 5.74) is 1.44. The molecule has 1 aliphatic rings. The van der Waals surface area contributed by atoms with Gasteiger partial charge in [0.2, 0.25) is 0 Å². The minimum atomic E-state index is -0.491. The average Bonchev–Trinajstić information content (AvgIpc) is 2.58. The fourth-order valence-electron chi connectivity index (χ4n) is 2.98. The van der Waals surface area contributed by atoms with Gasteiger partial charge in [0, 0.05) is 6.54 Å². The molecule has 1 saturated heterocycles. The minimum absolute atomic E-state index is 0.0534. The van der Waals surface area contributed by atoms with E-state index >= 15 is 0 Å². The summed E-state index contributed by atoms with van der Waals surface area (Å²) in [6.07, 6.45) is -0.0534. The van der Waals surface area contributed by atoms with Crippen molar-refractivity contribution in [3.05, 3.63) is 59.9 Å². The molecule has 1 atom stereocenters. The molecule has 0 spiro atoms. The van der Waals surface area contributed by atoms with E-state index in [2.05, 4.69) is 0 Å². The number of nitrogens with zero attached hydrogens (tertiary/aromatic N) is 1. The van der Waals surface area contributed by atoms with Gasteiger partial charge in [-0.2, -0.15) is 0 Å². The van der Waals surface area contributed by atoms with Gasteiger partial charge in [0.25, 0.3) is 5.91 Å². The second-order valence-corrected chi connectivity index (χ2v) is 6.91. The first-order valence-corrected chi connectivity index (χ1v) is 8.17. The first-order valence-electron chi connectivity index (χ1n) is 8.17. The van der Waals surface area contributed by atoms with Crippen molar-refractivity contribution >= 4 is 5.91 Å². The van der Waals surface area contributed by atoms with Gasteiger partial charge in [-0.3, -0.25) is 4.79 Å². The maximum Gasteiger partial charge on any atom is 0.257 e. The number of rotatable bonds is 2. The van der Waals surface area contributed by atoms with Gasteiger partial charge in [-0.05, 0) is 44.0 Å². The summed E-state index contributed by atoms with van der Waals surface area (Å²) < 4.78 is 20.0. The molecule has 0 saturated carbocycles. The zero-order valence-corrected chi connectivity index (χ0v) is 14.3. The SMILES string of the molecule is CC1CN(C(=O)c2cc(-c3ccccc3)ccc2F)C(C)(C)CO1. The molecule has 0 bridgehead atoms. The zero-order valence-electron chi connectivity index (χ0n) is 14.3. The van der Waals surface area contributed by atoms with Crippen molar-refractivity contribution in [3.8, 4) is 11.1 Å². The van der Waals surface area contributed by atoms with Gasteiger partial charge < -0.3 is 9.64 Å². The number of amides is 1. The summed E-state index contributed by atoms with van der Waals surface area (Å²) in [5, 5.41) is 0. The number of morpholine rings is 1. The highest BCUT2D eigenvalue weighted by Gasteiger charge is 2.37. The summed E-state index contributed by atoms with van der Waals surface area (Å²) >= 11 is 0. The van der Waals surface area contributed by atoms with Crippen LogP contribution in [0.5, 0.6) is 0 Å². The molecule has 2 aromatic carbocycles. The number of ether oxygens (including phenoxy) is 1. The lowest BCUT2D eigenvalue weighted by Crippen LogP contribution is -2.57. The van der Waals surface area contributed by atoms with Crippen LogP contribution in [0.4, 0.5) is 4.39 Å². The van der Waals surface area contributed by atoms with Crippen molar-refractivity contribution in [3.63, 3.8) is 0 Å². The van der Waals surface area contributed by atoms with Crippen molar-refractivity contribution in [2.75, 3.05) is 13.2 Å². The number of hydrogen-bond donors (Lipinski definition) is 0. The summed E-state index contributed by atoms with van der Waals surface area (Å²) in [5.74, 6) is -0.778. The van der Waals surface area contributed by atoms with E-state index in [1.54, 1.807) is 17.0 Å². The Kier molecular flexibility index (Phi) is 4.41. The number of hydrogen-bond acceptors (Lipinski definition) is 2. The van der Waals surface area contributed by atoms with Crippen LogP contribution in [0.2, 0.25) is 0 Å². The zero-order chi connectivity index (χ0) is 17.3. The Hall–Kier alpha value is -2.20. The first-order chi connectivity index (χ1) is 11.4. The Bertz CT molecular complexity index is 743. The van der Waals surface area contributed by atoms with Crippen LogP contribution in [0.25, 0.3) is 11.1 Å². The fourth-order valence-corrected chi connectivity index (χ4v) is 2.98. The molecule has 1 aliphatic heterocycles. The second-order valence-electron chi connectivity index (χ2n) is 6.91. The van der Waals surface area contributed by atoms with Crippen LogP contribution >= 0.6 is 0 Å². The third-order valence-electron chi connectivity index (χ3n) is 4.44. The lowest BCUT2D eigenvalue weighted by molar-refractivity contribution is -0.0757. The molecule has 1 unspecified atom stereocenters. The van der Waals surface area contributed by atoms with Crippen molar-refractivity contribution in [1.29, 1.82) is 0 Å². The van der Waals surface area contributed by atoms with Crippen molar-refractivity contribution in [2.45, 2.75) is 32.4 Å². The molecule has 2 aromatic rings. The monoisotopic (exact) mass is 327 g/mol. The summed E-state index contributed by atoms with van der Waals surface area (Å²) in [7, 11) is 0. The highest BCUT2D eigenvalue weighted by Crippen LogP contribution is 2.27. The molecule has 3 nitrogen and oxygen atoms in total. The highest BCUT2D eigenvalue weighted by molar-refractivity contribution is 5.96. The van der Waals surface area contributed by atoms with Crippen LogP contribution in [-0.4, -0.2) is 35.6 Å². The van der Waals surface area contributed by atoms with Crippen LogP contribution < -0.4 is 0 Å². The normalized spacial score (nSPS) is 20.0. The van der Waals surface area contributed by atoms with Gasteiger partial charge >= 0.3 is 0 Å². The van der Waals surface area contributed by atoms with Gasteiger partial charge in [0.05, 0.1) is 23.8 Å². The molecule has 126 valence electrons. The van der Waals surface area contributed by atoms with E-state index < -0.39 is 11.4 Å². The van der Waals surface area contributed by atoms with Crippen molar-refractivity contribution in [2.24, 2.45) is 0 Å². The summed E-state index contributed by atoms with van der Waals surface area (Å²) in [4.78, 5) is 14.7. The molecule has 0 aromatic heterocycles. The van der Waals surface area contributed by atoms with E-state index in [-0.39, 0.29) is 17.6 Å². The van der Waals surface area contributed by atoms with E-state index in [1.807, 2.05) is 51.1 Å². The maximum atomic E-state index is 14.4. The van der Waals surface area contributed by atoms with Gasteiger partial charge in [0.1, 0.15) is 5.82 Å². The minimum Gasteiger partial charge on any atom is -0.374 e. The number of halogens is 1. The molecule has 24 heavy (non-hydrogen) atoms. The molecule has 3 rings (SSSR count). The number of carbonyl (C=O) groups excluding carboxylic acids is 1. The van der Waals surface area contributed by atoms with Crippen molar-refractivity contribution < 1.29 is 13.9 Å². The van der Waals surface area contributed by atoms with Gasteiger partial charge in [-0.15, -0.1) is 0 Å². The fraction of sp³-hybridized carbons (Fsp3) is 0.350. The average molecular weight is 327 g/mol. The molecule has 0 radical (unpaired) electrons. The molecule has 4 heteroatoms. The quantitative estimate of drug-likeness (QED) is 0.830. The molecule has 0 N–H and O–H groups in total. The van der Waals surface area contributed by atoms with Crippen LogP contribution in [0.15, 0.2) is 48.5 Å². The Morgan fingerprint density at radius 1 is 1.17 bits per heavy atom. The third kappa shape index (κ3) is 3.20. The van der Waals surface area contributed by atoms with Crippen molar-refractivity contribution in [1.82, 2.24) is 4.90 Å². The van der Waals surface area contributed by atoms with E-state index in [9.17, 15) is 9.18 Å². The van der Waals surface area contributed by atoms with Gasteiger partial charge in [-0.1, -0.05) is 36.4 Å². The Morgan fingerprint density at radius 3 is 2.58 bits per heavy atom. The van der Waals surface area contributed by atoms with Gasteiger partial charge in [0.15, 0.2) is 0 Å².